The summed E-state index contributed by atoms with van der Waals surface area (Å²) in [6.45, 7) is 2.03. The van der Waals surface area contributed by atoms with Gasteiger partial charge in [-0.3, -0.25) is 9.10 Å². The molecule has 0 aliphatic heterocycles. The second kappa shape index (κ2) is 13.1. The first kappa shape index (κ1) is 27.2. The number of methoxy groups -OCH3 is 2. The molecular formula is C26H36N2O5S2. The van der Waals surface area contributed by atoms with Gasteiger partial charge in [-0.2, -0.15) is 11.8 Å². The minimum absolute atomic E-state index is 0.102. The number of ether oxygens (including phenoxy) is 2. The molecule has 0 unspecified atom stereocenters. The number of hydrogen-bond donors (Lipinski definition) is 1. The first-order chi connectivity index (χ1) is 16.8. The Morgan fingerprint density at radius 1 is 1.06 bits per heavy atom. The predicted molar refractivity (Wildman–Crippen MR) is 142 cm³/mol. The van der Waals surface area contributed by atoms with E-state index in [0.717, 1.165) is 27.3 Å². The van der Waals surface area contributed by atoms with Crippen LogP contribution in [0.15, 0.2) is 47.4 Å². The highest BCUT2D eigenvalue weighted by molar-refractivity contribution is 7.99. The van der Waals surface area contributed by atoms with Crippen LogP contribution in [0.1, 0.15) is 44.1 Å². The molecule has 7 nitrogen and oxygen atoms in total. The summed E-state index contributed by atoms with van der Waals surface area (Å²) in [5.41, 5.74) is 1.19. The lowest BCUT2D eigenvalue weighted by Crippen LogP contribution is -2.41. The third-order valence-corrected chi connectivity index (χ3v) is 9.34. The van der Waals surface area contributed by atoms with E-state index >= 15 is 0 Å². The van der Waals surface area contributed by atoms with Gasteiger partial charge in [-0.1, -0.05) is 37.0 Å². The smallest absolute Gasteiger partial charge is 0.264 e. The summed E-state index contributed by atoms with van der Waals surface area (Å²) < 4.78 is 39.1. The molecule has 0 saturated heterocycles. The van der Waals surface area contributed by atoms with Crippen LogP contribution in [0, 0.1) is 6.92 Å². The molecule has 0 heterocycles. The first-order valence-corrected chi connectivity index (χ1v) is 14.5. The zero-order chi connectivity index (χ0) is 25.3. The lowest BCUT2D eigenvalue weighted by Gasteiger charge is -2.26. The molecule has 3 rings (SSSR count). The van der Waals surface area contributed by atoms with Gasteiger partial charge in [0.05, 0.1) is 24.8 Å². The molecule has 0 spiro atoms. The number of thioether (sulfide) groups is 1. The van der Waals surface area contributed by atoms with E-state index < -0.39 is 10.0 Å². The monoisotopic (exact) mass is 520 g/mol. The Hall–Kier alpha value is -2.39. The molecule has 1 aliphatic rings. The van der Waals surface area contributed by atoms with E-state index in [1.807, 2.05) is 18.7 Å². The number of anilines is 1. The van der Waals surface area contributed by atoms with E-state index in [9.17, 15) is 13.2 Å². The van der Waals surface area contributed by atoms with E-state index in [1.165, 1.54) is 46.3 Å². The number of hydrogen-bond acceptors (Lipinski definition) is 6. The molecule has 0 radical (unpaired) electrons. The Morgan fingerprint density at radius 3 is 2.43 bits per heavy atom. The summed E-state index contributed by atoms with van der Waals surface area (Å²) in [5.74, 6) is 1.41. The van der Waals surface area contributed by atoms with Crippen LogP contribution in [0.2, 0.25) is 0 Å². The Labute approximate surface area is 213 Å². The molecule has 35 heavy (non-hydrogen) atoms. The van der Waals surface area contributed by atoms with Crippen LogP contribution >= 0.6 is 11.8 Å². The number of nitrogens with zero attached hydrogens (tertiary/aromatic N) is 1. The SMILES string of the molecule is COc1ccc(OC)c(N(CC(=O)NCCCSC2CCCCC2)S(=O)(=O)c2ccc(C)cc2)c1. The Balaban J connectivity index is 1.73. The summed E-state index contributed by atoms with van der Waals surface area (Å²) in [6, 6.07) is 11.4. The molecular weight excluding hydrogens is 484 g/mol. The van der Waals surface area contributed by atoms with Crippen LogP contribution in [0.3, 0.4) is 0 Å². The number of benzene rings is 2. The van der Waals surface area contributed by atoms with Gasteiger partial charge in [-0.25, -0.2) is 8.42 Å². The van der Waals surface area contributed by atoms with E-state index in [0.29, 0.717) is 18.0 Å². The summed E-state index contributed by atoms with van der Waals surface area (Å²) in [7, 11) is -1.07. The van der Waals surface area contributed by atoms with Crippen LogP contribution in [-0.4, -0.2) is 52.6 Å². The van der Waals surface area contributed by atoms with Crippen LogP contribution in [0.4, 0.5) is 5.69 Å². The quantitative estimate of drug-likeness (QED) is 0.406. The molecule has 0 atom stereocenters. The van der Waals surface area contributed by atoms with Gasteiger partial charge >= 0.3 is 0 Å². The number of aryl methyl sites for hydroxylation is 1. The highest BCUT2D eigenvalue weighted by atomic mass is 32.2. The molecule has 9 heteroatoms. The minimum atomic E-state index is -4.04. The summed E-state index contributed by atoms with van der Waals surface area (Å²) >= 11 is 1.98. The normalized spacial score (nSPS) is 14.4. The van der Waals surface area contributed by atoms with E-state index in [4.69, 9.17) is 9.47 Å². The number of sulfonamides is 1. The molecule has 1 aliphatic carbocycles. The second-order valence-electron chi connectivity index (χ2n) is 8.70. The minimum Gasteiger partial charge on any atom is -0.497 e. The maximum atomic E-state index is 13.6. The summed E-state index contributed by atoms with van der Waals surface area (Å²) in [5, 5.41) is 3.62. The van der Waals surface area contributed by atoms with Gasteiger partial charge in [0.15, 0.2) is 0 Å². The molecule has 1 amide bonds. The molecule has 2 aromatic rings. The standard InChI is InChI=1S/C26H36N2O5S2/c1-20-10-13-23(14-11-20)35(30,31)28(24-18-21(32-2)12-15-25(24)33-3)19-26(29)27-16-7-17-34-22-8-5-4-6-9-22/h10-15,18,22H,4-9,16-17,19H2,1-3H3,(H,27,29). The van der Waals surface area contributed by atoms with Crippen molar-refractivity contribution in [2.75, 3.05) is 37.4 Å². The van der Waals surface area contributed by atoms with Crippen molar-refractivity contribution in [2.45, 2.75) is 55.6 Å². The fourth-order valence-electron chi connectivity index (χ4n) is 4.10. The van der Waals surface area contributed by atoms with Crippen LogP contribution < -0.4 is 19.1 Å². The van der Waals surface area contributed by atoms with Gasteiger partial charge in [-0.15, -0.1) is 0 Å². The van der Waals surface area contributed by atoms with Gasteiger partial charge in [0.25, 0.3) is 10.0 Å². The maximum Gasteiger partial charge on any atom is 0.264 e. The molecule has 2 aromatic carbocycles. The lowest BCUT2D eigenvalue weighted by molar-refractivity contribution is -0.119. The number of amides is 1. The number of nitrogens with one attached hydrogen (secondary N) is 1. The van der Waals surface area contributed by atoms with Gasteiger partial charge in [0.2, 0.25) is 5.91 Å². The van der Waals surface area contributed by atoms with Gasteiger partial charge < -0.3 is 14.8 Å². The van der Waals surface area contributed by atoms with Crippen molar-refractivity contribution in [3.63, 3.8) is 0 Å². The van der Waals surface area contributed by atoms with Crippen molar-refractivity contribution in [1.29, 1.82) is 0 Å². The van der Waals surface area contributed by atoms with Crippen molar-refractivity contribution in [3.05, 3.63) is 48.0 Å². The summed E-state index contributed by atoms with van der Waals surface area (Å²) in [6.07, 6.45) is 7.38. The fraction of sp³-hybridized carbons (Fsp3) is 0.500. The molecule has 1 saturated carbocycles. The van der Waals surface area contributed by atoms with E-state index in [2.05, 4.69) is 5.32 Å². The third kappa shape index (κ3) is 7.54. The Kier molecular flexibility index (Phi) is 10.2. The maximum absolute atomic E-state index is 13.6. The van der Waals surface area contributed by atoms with Crippen molar-refractivity contribution >= 4 is 33.4 Å². The molecule has 0 bridgehead atoms. The number of rotatable bonds is 12. The fourth-order valence-corrected chi connectivity index (χ4v) is 6.83. The Bertz CT molecular complexity index is 1070. The van der Waals surface area contributed by atoms with Crippen molar-refractivity contribution in [1.82, 2.24) is 5.32 Å². The van der Waals surface area contributed by atoms with E-state index in [1.54, 1.807) is 42.5 Å². The molecule has 1 fully saturated rings. The molecule has 1 N–H and O–H groups in total. The Morgan fingerprint density at radius 2 is 1.77 bits per heavy atom. The zero-order valence-corrected chi connectivity index (χ0v) is 22.4. The third-order valence-electron chi connectivity index (χ3n) is 6.10. The lowest BCUT2D eigenvalue weighted by atomic mass is 10.0. The van der Waals surface area contributed by atoms with Crippen LogP contribution in [-0.2, 0) is 14.8 Å². The molecule has 0 aromatic heterocycles. The van der Waals surface area contributed by atoms with Gasteiger partial charge in [0.1, 0.15) is 18.0 Å². The summed E-state index contributed by atoms with van der Waals surface area (Å²) in [4.78, 5) is 13.0. The van der Waals surface area contributed by atoms with Crippen molar-refractivity contribution < 1.29 is 22.7 Å². The number of carbonyl (C=O) groups excluding carboxylic acids is 1. The molecule has 192 valence electrons. The zero-order valence-electron chi connectivity index (χ0n) is 20.8. The topological polar surface area (TPSA) is 84.9 Å². The first-order valence-electron chi connectivity index (χ1n) is 12.0. The highest BCUT2D eigenvalue weighted by Crippen LogP contribution is 2.35. The van der Waals surface area contributed by atoms with Crippen LogP contribution in [0.5, 0.6) is 11.5 Å². The second-order valence-corrected chi connectivity index (χ2v) is 12.0. The average molecular weight is 521 g/mol. The van der Waals surface area contributed by atoms with Gasteiger partial charge in [-0.05, 0) is 56.2 Å². The van der Waals surface area contributed by atoms with E-state index in [-0.39, 0.29) is 23.0 Å². The number of carbonyl (C=O) groups is 1. The van der Waals surface area contributed by atoms with Gasteiger partial charge in [0, 0.05) is 17.9 Å². The van der Waals surface area contributed by atoms with Crippen molar-refractivity contribution in [3.8, 4) is 11.5 Å². The largest absolute Gasteiger partial charge is 0.497 e. The average Bonchev–Trinajstić information content (AvgIpc) is 2.87. The van der Waals surface area contributed by atoms with Crippen LogP contribution in [0.25, 0.3) is 0 Å². The van der Waals surface area contributed by atoms with Crippen molar-refractivity contribution in [2.24, 2.45) is 0 Å². The predicted octanol–water partition coefficient (Wildman–Crippen LogP) is 4.78. The highest BCUT2D eigenvalue weighted by Gasteiger charge is 2.30.